The van der Waals surface area contributed by atoms with E-state index in [1.807, 2.05) is 60.7 Å². The SMILES string of the molecule is c1ccc(-c2nc(-c3cccc(-c4ccc5c(c4)-c4ccccc4C54c5ccccc5-c5ccccc54)c3)nc(-c3ccc4oc5ccccc5c4c3)n2)cc1. The van der Waals surface area contributed by atoms with Crippen LogP contribution in [0.2, 0.25) is 0 Å². The molecule has 0 N–H and O–H groups in total. The van der Waals surface area contributed by atoms with E-state index in [2.05, 4.69) is 127 Å². The molecule has 0 saturated heterocycles. The molecule has 0 aliphatic heterocycles. The van der Waals surface area contributed by atoms with E-state index < -0.39 is 0 Å². The van der Waals surface area contributed by atoms with Crippen LogP contribution in [0.4, 0.5) is 0 Å². The highest BCUT2D eigenvalue weighted by molar-refractivity contribution is 6.06. The van der Waals surface area contributed by atoms with Gasteiger partial charge >= 0.3 is 0 Å². The second-order valence-corrected chi connectivity index (χ2v) is 14.7. The zero-order chi connectivity index (χ0) is 36.8. The number of hydrogen-bond acceptors (Lipinski definition) is 4. The quantitative estimate of drug-likeness (QED) is 0.182. The lowest BCUT2D eigenvalue weighted by Gasteiger charge is -2.30. The molecule has 4 nitrogen and oxygen atoms in total. The van der Waals surface area contributed by atoms with Crippen molar-refractivity contribution >= 4 is 21.9 Å². The summed E-state index contributed by atoms with van der Waals surface area (Å²) >= 11 is 0. The van der Waals surface area contributed by atoms with Gasteiger partial charge in [-0.2, -0.15) is 0 Å². The summed E-state index contributed by atoms with van der Waals surface area (Å²) in [5.74, 6) is 1.87. The lowest BCUT2D eigenvalue weighted by Crippen LogP contribution is -2.25. The molecule has 2 heterocycles. The monoisotopic (exact) mass is 713 g/mol. The van der Waals surface area contributed by atoms with Crippen LogP contribution in [-0.4, -0.2) is 15.0 Å². The van der Waals surface area contributed by atoms with Crippen LogP contribution in [0.5, 0.6) is 0 Å². The maximum atomic E-state index is 6.14. The Morgan fingerprint density at radius 1 is 0.304 bits per heavy atom. The summed E-state index contributed by atoms with van der Waals surface area (Å²) in [7, 11) is 0. The minimum Gasteiger partial charge on any atom is -0.456 e. The Bertz CT molecular complexity index is 3170. The van der Waals surface area contributed by atoms with E-state index in [1.54, 1.807) is 0 Å². The molecule has 0 saturated carbocycles. The highest BCUT2D eigenvalue weighted by Crippen LogP contribution is 2.63. The zero-order valence-corrected chi connectivity index (χ0v) is 30.1. The third kappa shape index (κ3) is 4.38. The third-order valence-corrected chi connectivity index (χ3v) is 11.8. The molecule has 12 rings (SSSR count). The number of rotatable bonds is 4. The molecule has 260 valence electrons. The second kappa shape index (κ2) is 11.8. The van der Waals surface area contributed by atoms with Crippen molar-refractivity contribution in [1.82, 2.24) is 15.0 Å². The van der Waals surface area contributed by atoms with Crippen LogP contribution < -0.4 is 0 Å². The van der Waals surface area contributed by atoms with E-state index in [1.165, 1.54) is 44.5 Å². The number of hydrogen-bond donors (Lipinski definition) is 0. The van der Waals surface area contributed by atoms with E-state index >= 15 is 0 Å². The number of aromatic nitrogens is 3. The molecule has 0 radical (unpaired) electrons. The molecule has 0 bridgehead atoms. The van der Waals surface area contributed by atoms with E-state index in [0.717, 1.165) is 49.8 Å². The van der Waals surface area contributed by atoms with Crippen molar-refractivity contribution in [2.45, 2.75) is 5.41 Å². The first-order chi connectivity index (χ1) is 27.7. The summed E-state index contributed by atoms with van der Waals surface area (Å²) in [6, 6.07) is 66.9. The molecule has 0 amide bonds. The fourth-order valence-electron chi connectivity index (χ4n) is 9.33. The second-order valence-electron chi connectivity index (χ2n) is 14.7. The number of furan rings is 1. The van der Waals surface area contributed by atoms with E-state index in [-0.39, 0.29) is 5.41 Å². The fourth-order valence-corrected chi connectivity index (χ4v) is 9.33. The third-order valence-electron chi connectivity index (χ3n) is 11.8. The van der Waals surface area contributed by atoms with Gasteiger partial charge in [-0.1, -0.05) is 152 Å². The van der Waals surface area contributed by atoms with Gasteiger partial charge in [-0.05, 0) is 92.0 Å². The van der Waals surface area contributed by atoms with Crippen LogP contribution in [0.15, 0.2) is 192 Å². The number of nitrogens with zero attached hydrogens (tertiary/aromatic N) is 3. The topological polar surface area (TPSA) is 51.8 Å². The van der Waals surface area contributed by atoms with Crippen LogP contribution in [0, 0.1) is 0 Å². The molecule has 10 aromatic rings. The summed E-state index contributed by atoms with van der Waals surface area (Å²) in [6.07, 6.45) is 0. The minimum absolute atomic E-state index is 0.361. The summed E-state index contributed by atoms with van der Waals surface area (Å²) in [4.78, 5) is 15.2. The van der Waals surface area contributed by atoms with Gasteiger partial charge in [0.25, 0.3) is 0 Å². The Morgan fingerprint density at radius 3 is 1.50 bits per heavy atom. The molecule has 0 fully saturated rings. The van der Waals surface area contributed by atoms with E-state index in [4.69, 9.17) is 19.4 Å². The molecule has 1 spiro atoms. The van der Waals surface area contributed by atoms with Gasteiger partial charge in [0.2, 0.25) is 0 Å². The number of benzene rings is 8. The summed E-state index contributed by atoms with van der Waals surface area (Å²) < 4.78 is 6.14. The summed E-state index contributed by atoms with van der Waals surface area (Å²) in [5.41, 5.74) is 16.9. The average molecular weight is 714 g/mol. The molecule has 2 aliphatic rings. The van der Waals surface area contributed by atoms with Crippen LogP contribution >= 0.6 is 0 Å². The Balaban J connectivity index is 1.01. The summed E-state index contributed by atoms with van der Waals surface area (Å²) in [6.45, 7) is 0. The minimum atomic E-state index is -0.361. The van der Waals surface area contributed by atoms with Crippen LogP contribution in [0.25, 0.3) is 89.5 Å². The van der Waals surface area contributed by atoms with Gasteiger partial charge < -0.3 is 4.42 Å². The predicted octanol–water partition coefficient (Wildman–Crippen LogP) is 12.8. The van der Waals surface area contributed by atoms with Gasteiger partial charge in [0.05, 0.1) is 5.41 Å². The maximum absolute atomic E-state index is 6.14. The lowest BCUT2D eigenvalue weighted by molar-refractivity contribution is 0.669. The average Bonchev–Trinajstić information content (AvgIpc) is 3.90. The molecule has 0 unspecified atom stereocenters. The number of fused-ring (bicyclic) bond motifs is 13. The normalized spacial score (nSPS) is 13.1. The smallest absolute Gasteiger partial charge is 0.164 e. The Labute approximate surface area is 323 Å². The molecular weight excluding hydrogens is 683 g/mol. The molecule has 2 aliphatic carbocycles. The largest absolute Gasteiger partial charge is 0.456 e. The first-order valence-corrected chi connectivity index (χ1v) is 19.0. The van der Waals surface area contributed by atoms with Crippen LogP contribution in [0.1, 0.15) is 22.3 Å². The van der Waals surface area contributed by atoms with Gasteiger partial charge in [0, 0.05) is 27.5 Å². The van der Waals surface area contributed by atoms with Gasteiger partial charge in [-0.15, -0.1) is 0 Å². The molecule has 0 atom stereocenters. The Kier molecular flexibility index (Phi) is 6.52. The molecule has 56 heavy (non-hydrogen) atoms. The van der Waals surface area contributed by atoms with Gasteiger partial charge in [0.15, 0.2) is 17.5 Å². The van der Waals surface area contributed by atoms with Gasteiger partial charge in [0.1, 0.15) is 11.2 Å². The zero-order valence-electron chi connectivity index (χ0n) is 30.1. The Hall–Kier alpha value is -7.43. The fraction of sp³-hybridized carbons (Fsp3) is 0.0192. The van der Waals surface area contributed by atoms with Crippen molar-refractivity contribution in [2.24, 2.45) is 0 Å². The van der Waals surface area contributed by atoms with Crippen molar-refractivity contribution in [3.63, 3.8) is 0 Å². The summed E-state index contributed by atoms with van der Waals surface area (Å²) in [5, 5.41) is 2.10. The van der Waals surface area contributed by atoms with Crippen LogP contribution in [-0.2, 0) is 5.41 Å². The predicted molar refractivity (Wildman–Crippen MR) is 225 cm³/mol. The first kappa shape index (κ1) is 31.0. The molecular formula is C52H31N3O. The molecule has 4 heteroatoms. The molecule has 2 aromatic heterocycles. The van der Waals surface area contributed by atoms with Gasteiger partial charge in [-0.3, -0.25) is 0 Å². The van der Waals surface area contributed by atoms with Crippen molar-refractivity contribution < 1.29 is 4.42 Å². The maximum Gasteiger partial charge on any atom is 0.164 e. The van der Waals surface area contributed by atoms with Crippen LogP contribution in [0.3, 0.4) is 0 Å². The van der Waals surface area contributed by atoms with Crippen molar-refractivity contribution in [2.75, 3.05) is 0 Å². The molecule has 8 aromatic carbocycles. The van der Waals surface area contributed by atoms with E-state index in [0.29, 0.717) is 17.5 Å². The van der Waals surface area contributed by atoms with Crippen molar-refractivity contribution in [3.8, 4) is 67.5 Å². The van der Waals surface area contributed by atoms with Crippen molar-refractivity contribution in [3.05, 3.63) is 210 Å². The standard InChI is InChI=1S/C52H31N3O/c1-2-13-32(14-3-1)49-53-50(55-51(54-49)36-26-28-48-42(31-36)40-20-7-11-24-47(40)56-48)35-16-12-15-33(29-35)34-25-27-46-41(30-34)39-19-6-10-23-45(39)52(46)43-21-8-4-17-37(43)38-18-5-9-22-44(38)52/h1-31H. The highest BCUT2D eigenvalue weighted by Gasteiger charge is 2.51. The Morgan fingerprint density at radius 2 is 0.786 bits per heavy atom. The van der Waals surface area contributed by atoms with Crippen molar-refractivity contribution in [1.29, 1.82) is 0 Å². The lowest BCUT2D eigenvalue weighted by atomic mass is 9.70. The number of para-hydroxylation sites is 1. The van der Waals surface area contributed by atoms with Gasteiger partial charge in [-0.25, -0.2) is 15.0 Å². The van der Waals surface area contributed by atoms with E-state index in [9.17, 15) is 0 Å². The first-order valence-electron chi connectivity index (χ1n) is 19.0. The highest BCUT2D eigenvalue weighted by atomic mass is 16.3.